The minimum Gasteiger partial charge on any atom is -0.469 e. The lowest BCUT2D eigenvalue weighted by Crippen LogP contribution is -2.11. The topological polar surface area (TPSA) is 62.5 Å². The molecule has 19 heavy (non-hydrogen) atoms. The van der Waals surface area contributed by atoms with Gasteiger partial charge in [0, 0.05) is 12.3 Å². The van der Waals surface area contributed by atoms with Gasteiger partial charge in [0.25, 0.3) is 5.91 Å². The number of nitrogens with one attached hydrogen (secondary N) is 1. The number of carbonyl (C=O) groups excluding carboxylic acids is 1. The maximum Gasteiger partial charge on any atom is 0.258 e. The molecule has 0 atom stereocenters. The number of aliphatic hydroxyl groups excluding tert-OH is 1. The zero-order valence-electron chi connectivity index (χ0n) is 10.8. The number of aliphatic hydroxyl groups is 1. The van der Waals surface area contributed by atoms with E-state index in [2.05, 4.69) is 5.32 Å². The maximum atomic E-state index is 11.9. The van der Waals surface area contributed by atoms with Crippen molar-refractivity contribution in [2.24, 2.45) is 0 Å². The fourth-order valence-corrected chi connectivity index (χ4v) is 1.85. The fraction of sp³-hybridized carbons (Fsp3) is 0.267. The predicted molar refractivity (Wildman–Crippen MR) is 73.2 cm³/mol. The Kier molecular flexibility index (Phi) is 4.36. The summed E-state index contributed by atoms with van der Waals surface area (Å²) in [5.41, 5.74) is 2.35. The first kappa shape index (κ1) is 13.4. The van der Waals surface area contributed by atoms with Gasteiger partial charge in [0.05, 0.1) is 5.56 Å². The first-order chi connectivity index (χ1) is 9.19. The van der Waals surface area contributed by atoms with Crippen LogP contribution in [0.4, 0.5) is 5.69 Å². The second-order valence-electron chi connectivity index (χ2n) is 4.43. The van der Waals surface area contributed by atoms with Crippen molar-refractivity contribution in [3.05, 3.63) is 53.5 Å². The highest BCUT2D eigenvalue weighted by Crippen LogP contribution is 2.14. The summed E-state index contributed by atoms with van der Waals surface area (Å²) in [6.45, 7) is 1.97. The molecular weight excluding hydrogens is 242 g/mol. The number of rotatable bonds is 5. The minimum atomic E-state index is -0.184. The minimum absolute atomic E-state index is 0.172. The van der Waals surface area contributed by atoms with Crippen molar-refractivity contribution < 1.29 is 14.3 Å². The summed E-state index contributed by atoms with van der Waals surface area (Å²) < 4.78 is 5.11. The summed E-state index contributed by atoms with van der Waals surface area (Å²) in [6.07, 6.45) is 2.96. The van der Waals surface area contributed by atoms with Gasteiger partial charge in [-0.1, -0.05) is 12.1 Å². The van der Waals surface area contributed by atoms with Gasteiger partial charge < -0.3 is 14.8 Å². The van der Waals surface area contributed by atoms with E-state index in [0.29, 0.717) is 11.3 Å². The largest absolute Gasteiger partial charge is 0.469 e. The van der Waals surface area contributed by atoms with Gasteiger partial charge in [-0.05, 0) is 43.5 Å². The standard InChI is InChI=1S/C15H17NO3/c1-11-8-13(10-19-11)15(18)16-14-6-2-4-12(9-14)5-3-7-17/h2,4,6,8-10,17H,3,5,7H2,1H3,(H,16,18). The highest BCUT2D eigenvalue weighted by atomic mass is 16.3. The van der Waals surface area contributed by atoms with Crippen LogP contribution in [0.25, 0.3) is 0 Å². The molecule has 0 aliphatic heterocycles. The first-order valence-corrected chi connectivity index (χ1v) is 6.25. The molecule has 1 amide bonds. The second kappa shape index (κ2) is 6.20. The van der Waals surface area contributed by atoms with Crippen LogP contribution < -0.4 is 5.32 Å². The van der Waals surface area contributed by atoms with Crippen molar-refractivity contribution in [1.29, 1.82) is 0 Å². The Balaban J connectivity index is 2.04. The number of hydrogen-bond donors (Lipinski definition) is 2. The van der Waals surface area contributed by atoms with Crippen molar-refractivity contribution in [2.75, 3.05) is 11.9 Å². The van der Waals surface area contributed by atoms with Gasteiger partial charge in [0.2, 0.25) is 0 Å². The van der Waals surface area contributed by atoms with Crippen molar-refractivity contribution in [3.8, 4) is 0 Å². The molecule has 0 spiro atoms. The molecule has 0 bridgehead atoms. The molecule has 1 aromatic heterocycles. The zero-order chi connectivity index (χ0) is 13.7. The van der Waals surface area contributed by atoms with E-state index in [0.717, 1.165) is 24.1 Å². The van der Waals surface area contributed by atoms with Crippen LogP contribution >= 0.6 is 0 Å². The van der Waals surface area contributed by atoms with Crippen LogP contribution in [0, 0.1) is 6.92 Å². The fourth-order valence-electron chi connectivity index (χ4n) is 1.85. The number of hydrogen-bond acceptors (Lipinski definition) is 3. The molecule has 1 aromatic carbocycles. The maximum absolute atomic E-state index is 11.9. The van der Waals surface area contributed by atoms with E-state index in [1.165, 1.54) is 6.26 Å². The number of aryl methyl sites for hydroxylation is 2. The molecule has 4 nitrogen and oxygen atoms in total. The molecule has 0 aliphatic carbocycles. The lowest BCUT2D eigenvalue weighted by atomic mass is 10.1. The molecule has 0 saturated heterocycles. The van der Waals surface area contributed by atoms with Crippen molar-refractivity contribution in [3.63, 3.8) is 0 Å². The van der Waals surface area contributed by atoms with Crippen molar-refractivity contribution in [1.82, 2.24) is 0 Å². The van der Waals surface area contributed by atoms with Crippen LogP contribution in [0.1, 0.15) is 28.1 Å². The Morgan fingerprint density at radius 1 is 1.37 bits per heavy atom. The van der Waals surface area contributed by atoms with Crippen LogP contribution in [-0.2, 0) is 6.42 Å². The SMILES string of the molecule is Cc1cc(C(=O)Nc2cccc(CCCO)c2)co1. The van der Waals surface area contributed by atoms with E-state index in [1.807, 2.05) is 24.3 Å². The Morgan fingerprint density at radius 2 is 2.21 bits per heavy atom. The summed E-state index contributed by atoms with van der Waals surface area (Å²) in [5.74, 6) is 0.526. The zero-order valence-corrected chi connectivity index (χ0v) is 10.8. The quantitative estimate of drug-likeness (QED) is 0.867. The Hall–Kier alpha value is -2.07. The molecule has 0 aliphatic rings. The van der Waals surface area contributed by atoms with E-state index < -0.39 is 0 Å². The molecular formula is C15H17NO3. The third-order valence-corrected chi connectivity index (χ3v) is 2.80. The molecule has 1 heterocycles. The van der Waals surface area contributed by atoms with Gasteiger partial charge in [-0.15, -0.1) is 0 Å². The Morgan fingerprint density at radius 3 is 2.89 bits per heavy atom. The monoisotopic (exact) mass is 259 g/mol. The van der Waals surface area contributed by atoms with Crippen LogP contribution in [0.15, 0.2) is 41.0 Å². The summed E-state index contributed by atoms with van der Waals surface area (Å²) in [6, 6.07) is 9.33. The number of benzene rings is 1. The van der Waals surface area contributed by atoms with Gasteiger partial charge in [0.15, 0.2) is 0 Å². The first-order valence-electron chi connectivity index (χ1n) is 6.25. The predicted octanol–water partition coefficient (Wildman–Crippen LogP) is 2.77. The van der Waals surface area contributed by atoms with E-state index in [1.54, 1.807) is 13.0 Å². The lowest BCUT2D eigenvalue weighted by molar-refractivity contribution is 0.102. The molecule has 2 rings (SSSR count). The number of anilines is 1. The summed E-state index contributed by atoms with van der Waals surface area (Å²) in [7, 11) is 0. The van der Waals surface area contributed by atoms with Crippen LogP contribution in [0.2, 0.25) is 0 Å². The number of amides is 1. The summed E-state index contributed by atoms with van der Waals surface area (Å²) in [4.78, 5) is 11.9. The highest BCUT2D eigenvalue weighted by Gasteiger charge is 2.09. The molecule has 0 fully saturated rings. The summed E-state index contributed by atoms with van der Waals surface area (Å²) in [5, 5.41) is 11.6. The lowest BCUT2D eigenvalue weighted by Gasteiger charge is -2.06. The van der Waals surface area contributed by atoms with Crippen LogP contribution in [0.3, 0.4) is 0 Å². The number of carbonyl (C=O) groups is 1. The Labute approximate surface area is 112 Å². The average Bonchev–Trinajstić information content (AvgIpc) is 2.83. The van der Waals surface area contributed by atoms with Gasteiger partial charge in [-0.2, -0.15) is 0 Å². The molecule has 0 radical (unpaired) electrons. The molecule has 100 valence electrons. The van der Waals surface area contributed by atoms with Crippen molar-refractivity contribution in [2.45, 2.75) is 19.8 Å². The molecule has 2 aromatic rings. The number of furan rings is 1. The summed E-state index contributed by atoms with van der Waals surface area (Å²) >= 11 is 0. The highest BCUT2D eigenvalue weighted by molar-refractivity contribution is 6.04. The molecule has 4 heteroatoms. The van der Waals surface area contributed by atoms with Gasteiger partial charge in [-0.25, -0.2) is 0 Å². The third kappa shape index (κ3) is 3.69. The molecule has 0 unspecified atom stereocenters. The van der Waals surface area contributed by atoms with E-state index in [9.17, 15) is 4.79 Å². The van der Waals surface area contributed by atoms with Gasteiger partial charge >= 0.3 is 0 Å². The smallest absolute Gasteiger partial charge is 0.258 e. The van der Waals surface area contributed by atoms with E-state index in [-0.39, 0.29) is 12.5 Å². The van der Waals surface area contributed by atoms with E-state index >= 15 is 0 Å². The van der Waals surface area contributed by atoms with Crippen LogP contribution in [0.5, 0.6) is 0 Å². The van der Waals surface area contributed by atoms with Gasteiger partial charge in [0.1, 0.15) is 12.0 Å². The second-order valence-corrected chi connectivity index (χ2v) is 4.43. The van der Waals surface area contributed by atoms with Gasteiger partial charge in [-0.3, -0.25) is 4.79 Å². The third-order valence-electron chi connectivity index (χ3n) is 2.80. The van der Waals surface area contributed by atoms with E-state index in [4.69, 9.17) is 9.52 Å². The van der Waals surface area contributed by atoms with Crippen LogP contribution in [-0.4, -0.2) is 17.6 Å². The molecule has 0 saturated carbocycles. The average molecular weight is 259 g/mol. The van der Waals surface area contributed by atoms with Crippen molar-refractivity contribution >= 4 is 11.6 Å². The Bertz CT molecular complexity index is 560. The molecule has 2 N–H and O–H groups in total. The normalized spacial score (nSPS) is 10.4.